The van der Waals surface area contributed by atoms with Crippen LogP contribution < -0.4 is 9.47 Å². The number of carbonyl (C=O) groups excluding carboxylic acids is 2. The molecule has 3 rings (SSSR count). The molecule has 0 radical (unpaired) electrons. The number of aliphatic hydroxyl groups excluding tert-OH is 1. The van der Waals surface area contributed by atoms with Crippen molar-refractivity contribution in [1.29, 1.82) is 0 Å². The monoisotopic (exact) mass is 476 g/mol. The van der Waals surface area contributed by atoms with E-state index in [-0.39, 0.29) is 11.3 Å². The number of ketones is 1. The minimum Gasteiger partial charge on any atom is -0.507 e. The smallest absolute Gasteiger partial charge is 0.295 e. The van der Waals surface area contributed by atoms with Crippen molar-refractivity contribution < 1.29 is 24.2 Å². The van der Waals surface area contributed by atoms with Gasteiger partial charge in [0.15, 0.2) is 0 Å². The SMILES string of the molecule is C=CCOc1ccc([C@@H]2C(=C(O)c3ccc(OCC=C)cc3C)C(=O)C(=O)N2CCN(C)C)cc1. The van der Waals surface area contributed by atoms with Crippen LogP contribution in [-0.2, 0) is 9.59 Å². The quantitative estimate of drug-likeness (QED) is 0.228. The number of Topliss-reactive ketones (excluding diaryl/α,β-unsaturated/α-hetero) is 1. The molecule has 0 bridgehead atoms. The van der Waals surface area contributed by atoms with Crippen LogP contribution in [0.3, 0.4) is 0 Å². The molecule has 1 fully saturated rings. The third kappa shape index (κ3) is 5.81. The van der Waals surface area contributed by atoms with Gasteiger partial charge in [-0.1, -0.05) is 37.4 Å². The minimum absolute atomic E-state index is 0.0661. The Kier molecular flexibility index (Phi) is 8.49. The fraction of sp³-hybridized carbons (Fsp3) is 0.286. The summed E-state index contributed by atoms with van der Waals surface area (Å²) < 4.78 is 11.1. The topological polar surface area (TPSA) is 79.3 Å². The summed E-state index contributed by atoms with van der Waals surface area (Å²) in [6, 6.07) is 11.6. The van der Waals surface area contributed by atoms with Crippen molar-refractivity contribution in [1.82, 2.24) is 9.80 Å². The van der Waals surface area contributed by atoms with E-state index in [1.54, 1.807) is 42.5 Å². The van der Waals surface area contributed by atoms with Gasteiger partial charge in [-0.05, 0) is 62.5 Å². The van der Waals surface area contributed by atoms with Crippen LogP contribution in [0.4, 0.5) is 0 Å². The van der Waals surface area contributed by atoms with Gasteiger partial charge < -0.3 is 24.4 Å². The van der Waals surface area contributed by atoms with Gasteiger partial charge in [-0.3, -0.25) is 9.59 Å². The Hall–Kier alpha value is -3.84. The summed E-state index contributed by atoms with van der Waals surface area (Å²) in [7, 11) is 3.80. The average Bonchev–Trinajstić information content (AvgIpc) is 3.09. The molecule has 0 aliphatic carbocycles. The number of carbonyl (C=O) groups is 2. The first kappa shape index (κ1) is 25.8. The first-order valence-electron chi connectivity index (χ1n) is 11.4. The molecule has 1 heterocycles. The van der Waals surface area contributed by atoms with E-state index in [1.807, 2.05) is 38.1 Å². The Balaban J connectivity index is 2.08. The van der Waals surface area contributed by atoms with E-state index in [2.05, 4.69) is 13.2 Å². The number of hydrogen-bond donors (Lipinski definition) is 1. The zero-order valence-corrected chi connectivity index (χ0v) is 20.5. The molecule has 2 aromatic rings. The second-order valence-corrected chi connectivity index (χ2v) is 8.54. The summed E-state index contributed by atoms with van der Waals surface area (Å²) in [5.41, 5.74) is 1.96. The number of likely N-dealkylation sites (tertiary alicyclic amines) is 1. The van der Waals surface area contributed by atoms with E-state index in [9.17, 15) is 14.7 Å². The molecule has 1 aliphatic heterocycles. The maximum atomic E-state index is 13.2. The highest BCUT2D eigenvalue weighted by Gasteiger charge is 2.46. The lowest BCUT2D eigenvalue weighted by molar-refractivity contribution is -0.140. The molecule has 7 nitrogen and oxygen atoms in total. The maximum Gasteiger partial charge on any atom is 0.295 e. The Morgan fingerprint density at radius 1 is 1.03 bits per heavy atom. The molecule has 7 heteroatoms. The van der Waals surface area contributed by atoms with E-state index < -0.39 is 17.7 Å². The van der Waals surface area contributed by atoms with E-state index in [0.29, 0.717) is 48.9 Å². The number of amides is 1. The molecule has 1 saturated heterocycles. The molecule has 0 spiro atoms. The Morgan fingerprint density at radius 3 is 2.20 bits per heavy atom. The van der Waals surface area contributed by atoms with Crippen molar-refractivity contribution >= 4 is 17.4 Å². The zero-order chi connectivity index (χ0) is 25.5. The number of aryl methyl sites for hydroxylation is 1. The number of nitrogens with zero attached hydrogens (tertiary/aromatic N) is 2. The van der Waals surface area contributed by atoms with Gasteiger partial charge in [0.25, 0.3) is 11.7 Å². The Bertz CT molecular complexity index is 1130. The first-order chi connectivity index (χ1) is 16.8. The molecular formula is C28H32N2O5. The molecule has 0 aromatic heterocycles. The van der Waals surface area contributed by atoms with E-state index in [4.69, 9.17) is 9.47 Å². The van der Waals surface area contributed by atoms with Crippen LogP contribution in [0.2, 0.25) is 0 Å². The van der Waals surface area contributed by atoms with Crippen molar-refractivity contribution in [2.24, 2.45) is 0 Å². The second-order valence-electron chi connectivity index (χ2n) is 8.54. The molecule has 1 atom stereocenters. The number of rotatable bonds is 11. The van der Waals surface area contributed by atoms with E-state index in [1.165, 1.54) is 4.90 Å². The summed E-state index contributed by atoms with van der Waals surface area (Å²) in [5.74, 6) is -0.277. The van der Waals surface area contributed by atoms with Crippen LogP contribution in [0.15, 0.2) is 73.3 Å². The number of hydrogen-bond acceptors (Lipinski definition) is 6. The second kappa shape index (κ2) is 11.5. The average molecular weight is 477 g/mol. The fourth-order valence-corrected chi connectivity index (χ4v) is 3.96. The molecule has 184 valence electrons. The van der Waals surface area contributed by atoms with Gasteiger partial charge >= 0.3 is 0 Å². The van der Waals surface area contributed by atoms with Crippen LogP contribution in [0.1, 0.15) is 22.7 Å². The van der Waals surface area contributed by atoms with E-state index >= 15 is 0 Å². The third-order valence-corrected chi connectivity index (χ3v) is 5.71. The minimum atomic E-state index is -0.723. The fourth-order valence-electron chi connectivity index (χ4n) is 3.96. The maximum absolute atomic E-state index is 13.2. The van der Waals surface area contributed by atoms with Crippen LogP contribution in [0.5, 0.6) is 11.5 Å². The van der Waals surface area contributed by atoms with Crippen LogP contribution >= 0.6 is 0 Å². The molecule has 2 aromatic carbocycles. The predicted molar refractivity (Wildman–Crippen MR) is 137 cm³/mol. The highest BCUT2D eigenvalue weighted by molar-refractivity contribution is 6.46. The van der Waals surface area contributed by atoms with Gasteiger partial charge in [-0.15, -0.1) is 0 Å². The van der Waals surface area contributed by atoms with Crippen molar-refractivity contribution in [3.63, 3.8) is 0 Å². The molecule has 1 aliphatic rings. The summed E-state index contributed by atoms with van der Waals surface area (Å²) in [4.78, 5) is 29.7. The van der Waals surface area contributed by atoms with Crippen molar-refractivity contribution in [2.45, 2.75) is 13.0 Å². The van der Waals surface area contributed by atoms with Crippen LogP contribution in [0.25, 0.3) is 5.76 Å². The number of ether oxygens (including phenoxy) is 2. The van der Waals surface area contributed by atoms with Crippen molar-refractivity contribution in [3.8, 4) is 11.5 Å². The van der Waals surface area contributed by atoms with Crippen molar-refractivity contribution in [2.75, 3.05) is 40.4 Å². The first-order valence-corrected chi connectivity index (χ1v) is 11.4. The standard InChI is InChI=1S/C28H32N2O5/c1-6-16-34-21-10-8-20(9-11-21)25-24(27(32)28(33)30(25)15-14-29(4)5)26(31)23-13-12-22(18-19(23)3)35-17-7-2/h6-13,18,25,31H,1-2,14-17H2,3-5H3/t25-/m1/s1. The molecule has 1 N–H and O–H groups in total. The number of benzene rings is 2. The third-order valence-electron chi connectivity index (χ3n) is 5.71. The van der Waals surface area contributed by atoms with E-state index in [0.717, 1.165) is 5.56 Å². The largest absolute Gasteiger partial charge is 0.507 e. The summed E-state index contributed by atoms with van der Waals surface area (Å²) >= 11 is 0. The van der Waals surface area contributed by atoms with Gasteiger partial charge in [0.1, 0.15) is 30.5 Å². The molecule has 0 saturated carbocycles. The van der Waals surface area contributed by atoms with Gasteiger partial charge in [-0.2, -0.15) is 0 Å². The Morgan fingerprint density at radius 2 is 1.63 bits per heavy atom. The van der Waals surface area contributed by atoms with Crippen LogP contribution in [0, 0.1) is 6.92 Å². The molecule has 0 unspecified atom stereocenters. The molecule has 35 heavy (non-hydrogen) atoms. The lowest BCUT2D eigenvalue weighted by atomic mass is 9.94. The van der Waals surface area contributed by atoms with Gasteiger partial charge in [-0.25, -0.2) is 0 Å². The van der Waals surface area contributed by atoms with Crippen LogP contribution in [-0.4, -0.2) is 67.0 Å². The van der Waals surface area contributed by atoms with Gasteiger partial charge in [0, 0.05) is 18.7 Å². The zero-order valence-electron chi connectivity index (χ0n) is 20.5. The number of aliphatic hydroxyl groups is 1. The predicted octanol–water partition coefficient (Wildman–Crippen LogP) is 4.11. The molecule has 1 amide bonds. The highest BCUT2D eigenvalue weighted by atomic mass is 16.5. The normalized spacial score (nSPS) is 17.0. The lowest BCUT2D eigenvalue weighted by Gasteiger charge is -2.26. The van der Waals surface area contributed by atoms with Crippen molar-refractivity contribution in [3.05, 3.63) is 90.0 Å². The Labute approximate surface area is 206 Å². The lowest BCUT2D eigenvalue weighted by Crippen LogP contribution is -2.35. The summed E-state index contributed by atoms with van der Waals surface area (Å²) in [5, 5.41) is 11.3. The van der Waals surface area contributed by atoms with Gasteiger partial charge in [0.2, 0.25) is 0 Å². The van der Waals surface area contributed by atoms with Gasteiger partial charge in [0.05, 0.1) is 11.6 Å². The highest BCUT2D eigenvalue weighted by Crippen LogP contribution is 2.40. The number of likely N-dealkylation sites (N-methyl/N-ethyl adjacent to an activating group) is 1. The summed E-state index contributed by atoms with van der Waals surface area (Å²) in [6.45, 7) is 10.7. The molecular weight excluding hydrogens is 444 g/mol. The summed E-state index contributed by atoms with van der Waals surface area (Å²) in [6.07, 6.45) is 3.30.